The fourth-order valence-corrected chi connectivity index (χ4v) is 1.65. The maximum atomic E-state index is 10.8. The molecule has 0 aromatic carbocycles. The van der Waals surface area contributed by atoms with Gasteiger partial charge < -0.3 is 5.11 Å². The van der Waals surface area contributed by atoms with Gasteiger partial charge in [-0.3, -0.25) is 0 Å². The molecule has 0 bridgehead atoms. The van der Waals surface area contributed by atoms with Crippen LogP contribution in [0.3, 0.4) is 0 Å². The number of rotatable bonds is 5. The van der Waals surface area contributed by atoms with Gasteiger partial charge in [-0.1, -0.05) is 13.8 Å². The average molecular weight is 208 g/mol. The van der Waals surface area contributed by atoms with Gasteiger partial charge in [0.1, 0.15) is 9.84 Å². The Hall–Kier alpha value is -0.0900. The van der Waals surface area contributed by atoms with Crippen LogP contribution in [0.15, 0.2) is 0 Å². The Labute approximate surface area is 81.1 Å². The van der Waals surface area contributed by atoms with E-state index in [1.54, 1.807) is 6.92 Å². The van der Waals surface area contributed by atoms with Crippen molar-refractivity contribution in [2.75, 3.05) is 12.0 Å². The Morgan fingerprint density at radius 2 is 1.85 bits per heavy atom. The molecule has 1 N–H and O–H groups in total. The van der Waals surface area contributed by atoms with E-state index in [9.17, 15) is 13.5 Å². The van der Waals surface area contributed by atoms with Gasteiger partial charge in [-0.15, -0.1) is 0 Å². The van der Waals surface area contributed by atoms with E-state index in [-0.39, 0.29) is 11.7 Å². The van der Waals surface area contributed by atoms with Crippen molar-refractivity contribution < 1.29 is 13.5 Å². The van der Waals surface area contributed by atoms with Crippen molar-refractivity contribution in [3.63, 3.8) is 0 Å². The first-order valence-corrected chi connectivity index (χ1v) is 6.61. The summed E-state index contributed by atoms with van der Waals surface area (Å²) >= 11 is 0. The maximum absolute atomic E-state index is 10.8. The first-order chi connectivity index (χ1) is 5.65. The summed E-state index contributed by atoms with van der Waals surface area (Å²) in [4.78, 5) is 0. The molecule has 0 aliphatic carbocycles. The Morgan fingerprint density at radius 3 is 2.15 bits per heavy atom. The molecule has 0 saturated carbocycles. The van der Waals surface area contributed by atoms with Crippen LogP contribution in [0.4, 0.5) is 0 Å². The minimum absolute atomic E-state index is 0.159. The van der Waals surface area contributed by atoms with Crippen LogP contribution in [0.2, 0.25) is 0 Å². The van der Waals surface area contributed by atoms with Gasteiger partial charge in [0.05, 0.1) is 5.60 Å². The van der Waals surface area contributed by atoms with Crippen LogP contribution in [-0.2, 0) is 9.84 Å². The Bertz CT molecular complexity index is 240. The van der Waals surface area contributed by atoms with E-state index in [1.165, 1.54) is 6.26 Å². The SMILES string of the molecule is CC(C)C(C)(O)CCCS(C)(=O)=O. The van der Waals surface area contributed by atoms with Crippen molar-refractivity contribution >= 4 is 9.84 Å². The lowest BCUT2D eigenvalue weighted by molar-refractivity contribution is 0.00497. The quantitative estimate of drug-likeness (QED) is 0.739. The second-order valence-corrected chi connectivity index (χ2v) is 6.51. The van der Waals surface area contributed by atoms with Gasteiger partial charge in [0.2, 0.25) is 0 Å². The summed E-state index contributed by atoms with van der Waals surface area (Å²) in [5.74, 6) is 0.322. The molecule has 1 atom stereocenters. The number of hydrogen-bond donors (Lipinski definition) is 1. The monoisotopic (exact) mass is 208 g/mol. The molecule has 0 saturated heterocycles. The molecule has 0 amide bonds. The van der Waals surface area contributed by atoms with E-state index < -0.39 is 15.4 Å². The highest BCUT2D eigenvalue weighted by molar-refractivity contribution is 7.90. The van der Waals surface area contributed by atoms with Crippen molar-refractivity contribution in [1.82, 2.24) is 0 Å². The summed E-state index contributed by atoms with van der Waals surface area (Å²) in [6, 6.07) is 0. The molecule has 1 unspecified atom stereocenters. The van der Waals surface area contributed by atoms with Gasteiger partial charge in [0.25, 0.3) is 0 Å². The molecule has 0 aliphatic heterocycles. The second-order valence-electron chi connectivity index (χ2n) is 4.25. The molecule has 13 heavy (non-hydrogen) atoms. The summed E-state index contributed by atoms with van der Waals surface area (Å²) in [6.45, 7) is 5.61. The van der Waals surface area contributed by atoms with Crippen LogP contribution >= 0.6 is 0 Å². The van der Waals surface area contributed by atoms with Crippen LogP contribution in [0.1, 0.15) is 33.6 Å². The third-order valence-electron chi connectivity index (χ3n) is 2.44. The molecular weight excluding hydrogens is 188 g/mol. The smallest absolute Gasteiger partial charge is 0.147 e. The minimum Gasteiger partial charge on any atom is -0.390 e. The maximum Gasteiger partial charge on any atom is 0.147 e. The largest absolute Gasteiger partial charge is 0.390 e. The highest BCUT2D eigenvalue weighted by Gasteiger charge is 2.24. The van der Waals surface area contributed by atoms with Crippen LogP contribution in [0, 0.1) is 5.92 Å². The van der Waals surface area contributed by atoms with Gasteiger partial charge in [-0.25, -0.2) is 8.42 Å². The standard InChI is InChI=1S/C9H20O3S/c1-8(2)9(3,10)6-5-7-13(4,11)12/h8,10H,5-7H2,1-4H3. The number of sulfone groups is 1. The van der Waals surface area contributed by atoms with E-state index in [0.717, 1.165) is 0 Å². The normalized spacial score (nSPS) is 17.4. The first kappa shape index (κ1) is 12.9. The third-order valence-corrected chi connectivity index (χ3v) is 3.47. The molecule has 0 aromatic heterocycles. The lowest BCUT2D eigenvalue weighted by Gasteiger charge is -2.27. The Kier molecular flexibility index (Phi) is 4.39. The van der Waals surface area contributed by atoms with Crippen LogP contribution < -0.4 is 0 Å². The van der Waals surface area contributed by atoms with Gasteiger partial charge in [0, 0.05) is 12.0 Å². The topological polar surface area (TPSA) is 54.4 Å². The molecule has 0 fully saturated rings. The predicted molar refractivity (Wildman–Crippen MR) is 54.4 cm³/mol. The number of hydrogen-bond acceptors (Lipinski definition) is 3. The van der Waals surface area contributed by atoms with Crippen molar-refractivity contribution in [1.29, 1.82) is 0 Å². The molecule has 0 aliphatic rings. The zero-order valence-corrected chi connectivity index (χ0v) is 9.69. The van der Waals surface area contributed by atoms with E-state index in [2.05, 4.69) is 0 Å². The summed E-state index contributed by atoms with van der Waals surface area (Å²) in [5.41, 5.74) is -0.745. The molecule has 3 nitrogen and oxygen atoms in total. The molecule has 0 spiro atoms. The molecule has 0 heterocycles. The molecule has 4 heteroatoms. The Morgan fingerprint density at radius 1 is 1.38 bits per heavy atom. The van der Waals surface area contributed by atoms with Gasteiger partial charge in [-0.05, 0) is 25.7 Å². The van der Waals surface area contributed by atoms with E-state index in [4.69, 9.17) is 0 Å². The van der Waals surface area contributed by atoms with Crippen molar-refractivity contribution in [3.8, 4) is 0 Å². The lowest BCUT2D eigenvalue weighted by Crippen LogP contribution is -2.31. The summed E-state index contributed by atoms with van der Waals surface area (Å²) < 4.78 is 21.6. The Balaban J connectivity index is 3.90. The summed E-state index contributed by atoms with van der Waals surface area (Å²) in [7, 11) is -2.88. The van der Waals surface area contributed by atoms with Gasteiger partial charge in [-0.2, -0.15) is 0 Å². The van der Waals surface area contributed by atoms with Crippen molar-refractivity contribution in [2.24, 2.45) is 5.92 Å². The minimum atomic E-state index is -2.88. The zero-order valence-electron chi connectivity index (χ0n) is 8.87. The highest BCUT2D eigenvalue weighted by atomic mass is 32.2. The fraction of sp³-hybridized carbons (Fsp3) is 1.00. The van der Waals surface area contributed by atoms with Crippen molar-refractivity contribution in [3.05, 3.63) is 0 Å². The molecule has 0 radical (unpaired) electrons. The van der Waals surface area contributed by atoms with E-state index in [0.29, 0.717) is 12.8 Å². The third kappa shape index (κ3) is 6.05. The van der Waals surface area contributed by atoms with Crippen LogP contribution in [0.5, 0.6) is 0 Å². The molecule has 0 aromatic rings. The van der Waals surface area contributed by atoms with Crippen molar-refractivity contribution in [2.45, 2.75) is 39.2 Å². The highest BCUT2D eigenvalue weighted by Crippen LogP contribution is 2.21. The summed E-state index contributed by atoms with van der Waals surface area (Å²) in [6.07, 6.45) is 2.29. The van der Waals surface area contributed by atoms with Crippen LogP contribution in [0.25, 0.3) is 0 Å². The average Bonchev–Trinajstić information content (AvgIpc) is 1.82. The zero-order chi connectivity index (χ0) is 10.7. The molecule has 80 valence electrons. The first-order valence-electron chi connectivity index (χ1n) is 4.55. The lowest BCUT2D eigenvalue weighted by atomic mass is 9.88. The van der Waals surface area contributed by atoms with Gasteiger partial charge in [0.15, 0.2) is 0 Å². The summed E-state index contributed by atoms with van der Waals surface area (Å²) in [5, 5.41) is 9.79. The molecule has 0 rings (SSSR count). The van der Waals surface area contributed by atoms with E-state index >= 15 is 0 Å². The fourth-order valence-electron chi connectivity index (χ4n) is 0.981. The second kappa shape index (κ2) is 4.42. The van der Waals surface area contributed by atoms with E-state index in [1.807, 2.05) is 13.8 Å². The van der Waals surface area contributed by atoms with Crippen LogP contribution in [-0.4, -0.2) is 31.1 Å². The van der Waals surface area contributed by atoms with Gasteiger partial charge >= 0.3 is 0 Å². The predicted octanol–water partition coefficient (Wildman–Crippen LogP) is 1.22. The molecular formula is C9H20O3S. The number of aliphatic hydroxyl groups is 1.